The second-order valence-electron chi connectivity index (χ2n) is 5.27. The number of hydrogen-bond donors (Lipinski definition) is 1. The van der Waals surface area contributed by atoms with Gasteiger partial charge in [-0.05, 0) is 49.9 Å². The van der Waals surface area contributed by atoms with Crippen LogP contribution in [0.25, 0.3) is 0 Å². The largest absolute Gasteiger partial charge is 0.435 e. The van der Waals surface area contributed by atoms with Crippen LogP contribution in [0.1, 0.15) is 44.2 Å². The van der Waals surface area contributed by atoms with E-state index in [1.54, 1.807) is 18.2 Å². The fraction of sp³-hybridized carbons (Fsp3) is 0.625. The van der Waals surface area contributed by atoms with E-state index in [-0.39, 0.29) is 11.8 Å². The summed E-state index contributed by atoms with van der Waals surface area (Å²) in [6.45, 7) is 0.938. The quantitative estimate of drug-likeness (QED) is 0.790. The number of rotatable bonds is 8. The van der Waals surface area contributed by atoms with Gasteiger partial charge in [-0.2, -0.15) is 8.78 Å². The van der Waals surface area contributed by atoms with Crippen LogP contribution in [0.4, 0.5) is 8.78 Å². The zero-order valence-electron chi connectivity index (χ0n) is 12.4. The molecule has 2 atom stereocenters. The molecule has 1 aliphatic rings. The van der Waals surface area contributed by atoms with E-state index in [0.717, 1.165) is 44.4 Å². The molecule has 1 saturated heterocycles. The molecule has 3 nitrogen and oxygen atoms in total. The summed E-state index contributed by atoms with van der Waals surface area (Å²) in [5.74, 6) is 0.211. The zero-order chi connectivity index (χ0) is 15.1. The normalized spacial score (nSPS) is 19.9. The summed E-state index contributed by atoms with van der Waals surface area (Å²) in [7, 11) is 0. The van der Waals surface area contributed by atoms with Crippen LogP contribution in [-0.4, -0.2) is 25.9 Å². The highest BCUT2D eigenvalue weighted by molar-refractivity contribution is 5.30. The van der Waals surface area contributed by atoms with Crippen molar-refractivity contribution in [3.63, 3.8) is 0 Å². The SMILES string of the molecule is CCNC(CCC1CCCO1)c1cccc(OC(F)F)c1. The van der Waals surface area contributed by atoms with E-state index in [1.807, 2.05) is 13.0 Å². The second-order valence-corrected chi connectivity index (χ2v) is 5.27. The average molecular weight is 299 g/mol. The Kier molecular flexibility index (Phi) is 6.39. The van der Waals surface area contributed by atoms with Gasteiger partial charge < -0.3 is 14.8 Å². The Labute approximate surface area is 124 Å². The van der Waals surface area contributed by atoms with Gasteiger partial charge in [0.15, 0.2) is 0 Å². The number of halogens is 2. The van der Waals surface area contributed by atoms with Gasteiger partial charge in [-0.15, -0.1) is 0 Å². The zero-order valence-corrected chi connectivity index (χ0v) is 12.4. The molecule has 1 heterocycles. The molecule has 1 N–H and O–H groups in total. The van der Waals surface area contributed by atoms with Gasteiger partial charge in [0, 0.05) is 12.6 Å². The molecule has 21 heavy (non-hydrogen) atoms. The van der Waals surface area contributed by atoms with Crippen LogP contribution in [0.5, 0.6) is 5.75 Å². The van der Waals surface area contributed by atoms with Crippen molar-refractivity contribution >= 4 is 0 Å². The van der Waals surface area contributed by atoms with Gasteiger partial charge in [0.2, 0.25) is 0 Å². The predicted octanol–water partition coefficient (Wildman–Crippen LogP) is 3.90. The van der Waals surface area contributed by atoms with Gasteiger partial charge in [-0.1, -0.05) is 19.1 Å². The summed E-state index contributed by atoms with van der Waals surface area (Å²) in [6, 6.07) is 7.08. The number of alkyl halides is 2. The number of benzene rings is 1. The molecule has 0 spiro atoms. The molecular formula is C16H23F2NO2. The van der Waals surface area contributed by atoms with Gasteiger partial charge >= 0.3 is 6.61 Å². The van der Waals surface area contributed by atoms with Gasteiger partial charge in [0.25, 0.3) is 0 Å². The maximum atomic E-state index is 12.3. The highest BCUT2D eigenvalue weighted by Gasteiger charge is 2.19. The lowest BCUT2D eigenvalue weighted by Crippen LogP contribution is -2.22. The van der Waals surface area contributed by atoms with Crippen LogP contribution in [0.15, 0.2) is 24.3 Å². The number of ether oxygens (including phenoxy) is 2. The molecule has 0 aliphatic carbocycles. The summed E-state index contributed by atoms with van der Waals surface area (Å²) in [6.07, 6.45) is 4.50. The molecule has 0 saturated carbocycles. The maximum Gasteiger partial charge on any atom is 0.387 e. The second kappa shape index (κ2) is 8.29. The minimum absolute atomic E-state index is 0.139. The molecule has 1 aromatic rings. The van der Waals surface area contributed by atoms with Crippen LogP contribution < -0.4 is 10.1 Å². The first-order chi connectivity index (χ1) is 10.2. The van der Waals surface area contributed by atoms with Gasteiger partial charge in [-0.3, -0.25) is 0 Å². The minimum Gasteiger partial charge on any atom is -0.435 e. The fourth-order valence-corrected chi connectivity index (χ4v) is 2.77. The molecule has 0 aromatic heterocycles. The Morgan fingerprint density at radius 1 is 1.43 bits per heavy atom. The first kappa shape index (κ1) is 16.2. The molecule has 1 aliphatic heterocycles. The summed E-state index contributed by atoms with van der Waals surface area (Å²) < 4.78 is 34.7. The van der Waals surface area contributed by atoms with Crippen molar-refractivity contribution in [1.29, 1.82) is 0 Å². The van der Waals surface area contributed by atoms with Crippen molar-refractivity contribution < 1.29 is 18.3 Å². The third kappa shape index (κ3) is 5.25. The van der Waals surface area contributed by atoms with Gasteiger partial charge in [0.05, 0.1) is 6.10 Å². The molecule has 2 rings (SSSR count). The van der Waals surface area contributed by atoms with Gasteiger partial charge in [0.1, 0.15) is 5.75 Å². The van der Waals surface area contributed by atoms with E-state index in [9.17, 15) is 8.78 Å². The monoisotopic (exact) mass is 299 g/mol. The summed E-state index contributed by atoms with van der Waals surface area (Å²) in [4.78, 5) is 0. The first-order valence-corrected chi connectivity index (χ1v) is 7.58. The Hall–Kier alpha value is -1.20. The Morgan fingerprint density at radius 3 is 2.95 bits per heavy atom. The smallest absolute Gasteiger partial charge is 0.387 e. The topological polar surface area (TPSA) is 30.5 Å². The van der Waals surface area contributed by atoms with Crippen molar-refractivity contribution in [2.24, 2.45) is 0 Å². The maximum absolute atomic E-state index is 12.3. The van der Waals surface area contributed by atoms with Crippen LogP contribution >= 0.6 is 0 Å². The molecule has 0 bridgehead atoms. The lowest BCUT2D eigenvalue weighted by molar-refractivity contribution is -0.0499. The summed E-state index contributed by atoms with van der Waals surface area (Å²) >= 11 is 0. The molecule has 5 heteroatoms. The van der Waals surface area contributed by atoms with Crippen LogP contribution in [0, 0.1) is 0 Å². The fourth-order valence-electron chi connectivity index (χ4n) is 2.77. The Bertz CT molecular complexity index is 422. The van der Waals surface area contributed by atoms with E-state index in [4.69, 9.17) is 4.74 Å². The predicted molar refractivity (Wildman–Crippen MR) is 77.7 cm³/mol. The van der Waals surface area contributed by atoms with E-state index < -0.39 is 6.61 Å². The molecule has 2 unspecified atom stereocenters. The lowest BCUT2D eigenvalue weighted by Gasteiger charge is -2.20. The van der Waals surface area contributed by atoms with Crippen molar-refractivity contribution in [3.8, 4) is 5.75 Å². The van der Waals surface area contributed by atoms with Crippen molar-refractivity contribution in [3.05, 3.63) is 29.8 Å². The minimum atomic E-state index is -2.79. The van der Waals surface area contributed by atoms with Crippen LogP contribution in [-0.2, 0) is 4.74 Å². The van der Waals surface area contributed by atoms with Crippen LogP contribution in [0.3, 0.4) is 0 Å². The van der Waals surface area contributed by atoms with Gasteiger partial charge in [-0.25, -0.2) is 0 Å². The summed E-state index contributed by atoms with van der Waals surface area (Å²) in [5, 5.41) is 3.40. The van der Waals surface area contributed by atoms with E-state index in [0.29, 0.717) is 6.10 Å². The summed E-state index contributed by atoms with van der Waals surface area (Å²) in [5.41, 5.74) is 0.980. The molecule has 1 aromatic carbocycles. The third-order valence-electron chi connectivity index (χ3n) is 3.74. The standard InChI is InChI=1S/C16H23F2NO2/c1-2-19-15(9-8-13-7-4-10-20-13)12-5-3-6-14(11-12)21-16(17)18/h3,5-6,11,13,15-16,19H,2,4,7-10H2,1H3. The highest BCUT2D eigenvalue weighted by atomic mass is 19.3. The van der Waals surface area contributed by atoms with E-state index >= 15 is 0 Å². The van der Waals surface area contributed by atoms with E-state index in [2.05, 4.69) is 10.1 Å². The number of nitrogens with one attached hydrogen (secondary N) is 1. The van der Waals surface area contributed by atoms with Crippen LogP contribution in [0.2, 0.25) is 0 Å². The highest BCUT2D eigenvalue weighted by Crippen LogP contribution is 2.26. The van der Waals surface area contributed by atoms with Crippen molar-refractivity contribution in [2.45, 2.75) is 51.4 Å². The van der Waals surface area contributed by atoms with E-state index in [1.165, 1.54) is 0 Å². The third-order valence-corrected chi connectivity index (χ3v) is 3.74. The molecule has 1 fully saturated rings. The number of hydrogen-bond acceptors (Lipinski definition) is 3. The molecule has 118 valence electrons. The molecular weight excluding hydrogens is 276 g/mol. The first-order valence-electron chi connectivity index (χ1n) is 7.58. The lowest BCUT2D eigenvalue weighted by atomic mass is 9.99. The Balaban J connectivity index is 1.98. The van der Waals surface area contributed by atoms with Crippen molar-refractivity contribution in [2.75, 3.05) is 13.2 Å². The average Bonchev–Trinajstić information content (AvgIpc) is 2.96. The Morgan fingerprint density at radius 2 is 2.29 bits per heavy atom. The van der Waals surface area contributed by atoms with Crippen molar-refractivity contribution in [1.82, 2.24) is 5.32 Å². The molecule has 0 radical (unpaired) electrons. The molecule has 0 amide bonds.